The van der Waals surface area contributed by atoms with E-state index in [9.17, 15) is 0 Å². The molecule has 1 fully saturated rings. The van der Waals surface area contributed by atoms with Gasteiger partial charge in [-0.05, 0) is 18.6 Å². The highest BCUT2D eigenvalue weighted by molar-refractivity contribution is 8.00. The summed E-state index contributed by atoms with van der Waals surface area (Å²) in [6, 6.07) is 1.96. The van der Waals surface area contributed by atoms with Gasteiger partial charge < -0.3 is 10.6 Å². The minimum atomic E-state index is 0.439. The van der Waals surface area contributed by atoms with E-state index in [0.717, 1.165) is 30.0 Å². The third-order valence-corrected chi connectivity index (χ3v) is 4.54. The van der Waals surface area contributed by atoms with Gasteiger partial charge in [0.05, 0.1) is 5.56 Å². The molecule has 5 heteroatoms. The lowest BCUT2D eigenvalue weighted by atomic mass is 10.1. The van der Waals surface area contributed by atoms with Crippen LogP contribution in [0, 0.1) is 6.92 Å². The topological polar surface area (TPSA) is 42.2 Å². The molecular formula is C13H19N3S2. The molecule has 0 spiro atoms. The molecule has 0 saturated carbocycles. The second-order valence-corrected chi connectivity index (χ2v) is 7.17. The number of hydrogen-bond donors (Lipinski definition) is 1. The van der Waals surface area contributed by atoms with Crippen molar-refractivity contribution >= 4 is 34.8 Å². The summed E-state index contributed by atoms with van der Waals surface area (Å²) in [7, 11) is 0. The molecule has 2 rings (SSSR count). The first-order valence-electron chi connectivity index (χ1n) is 6.15. The number of aryl methyl sites for hydroxylation is 1. The summed E-state index contributed by atoms with van der Waals surface area (Å²) >= 11 is 7.20. The van der Waals surface area contributed by atoms with Gasteiger partial charge in [0.2, 0.25) is 0 Å². The van der Waals surface area contributed by atoms with E-state index in [1.807, 2.05) is 30.9 Å². The Labute approximate surface area is 118 Å². The van der Waals surface area contributed by atoms with Crippen LogP contribution in [0.4, 0.5) is 5.82 Å². The largest absolute Gasteiger partial charge is 0.389 e. The molecule has 98 valence electrons. The van der Waals surface area contributed by atoms with Crippen molar-refractivity contribution in [1.82, 2.24) is 4.98 Å². The fourth-order valence-corrected chi connectivity index (χ4v) is 4.02. The molecule has 0 amide bonds. The first kappa shape index (κ1) is 13.6. The summed E-state index contributed by atoms with van der Waals surface area (Å²) in [4.78, 5) is 7.25. The predicted octanol–water partition coefficient (Wildman–Crippen LogP) is 2.35. The number of anilines is 1. The third kappa shape index (κ3) is 2.78. The molecule has 0 aromatic carbocycles. The van der Waals surface area contributed by atoms with Gasteiger partial charge in [-0.1, -0.05) is 26.1 Å². The highest BCUT2D eigenvalue weighted by atomic mass is 32.2. The monoisotopic (exact) mass is 281 g/mol. The van der Waals surface area contributed by atoms with Crippen LogP contribution in [0.15, 0.2) is 12.3 Å². The molecule has 1 aromatic rings. The van der Waals surface area contributed by atoms with E-state index in [4.69, 9.17) is 18.0 Å². The molecule has 3 nitrogen and oxygen atoms in total. The predicted molar refractivity (Wildman–Crippen MR) is 83.6 cm³/mol. The van der Waals surface area contributed by atoms with Gasteiger partial charge in [-0.15, -0.1) is 0 Å². The van der Waals surface area contributed by atoms with Gasteiger partial charge in [0.25, 0.3) is 0 Å². The van der Waals surface area contributed by atoms with Crippen LogP contribution in [0.25, 0.3) is 0 Å². The van der Waals surface area contributed by atoms with Crippen LogP contribution < -0.4 is 10.6 Å². The van der Waals surface area contributed by atoms with E-state index < -0.39 is 0 Å². The van der Waals surface area contributed by atoms with E-state index in [0.29, 0.717) is 15.5 Å². The van der Waals surface area contributed by atoms with Crippen molar-refractivity contribution in [1.29, 1.82) is 0 Å². The van der Waals surface area contributed by atoms with Crippen LogP contribution in [0.5, 0.6) is 0 Å². The van der Waals surface area contributed by atoms with Gasteiger partial charge in [-0.25, -0.2) is 4.98 Å². The standard InChI is InChI=1S/C13H19N3S2/c1-8-4-5-15-13(11(8)12(14)17)16-6-9(2)18-10(3)7-16/h4-5,9-10H,6-7H2,1-3H3,(H2,14,17). The summed E-state index contributed by atoms with van der Waals surface area (Å²) in [5.41, 5.74) is 7.88. The van der Waals surface area contributed by atoms with E-state index in [1.165, 1.54) is 0 Å². The Morgan fingerprint density at radius 1 is 1.44 bits per heavy atom. The number of rotatable bonds is 2. The van der Waals surface area contributed by atoms with Crippen LogP contribution in [-0.2, 0) is 0 Å². The summed E-state index contributed by atoms with van der Waals surface area (Å²) in [6.45, 7) is 8.54. The van der Waals surface area contributed by atoms with E-state index in [2.05, 4.69) is 23.7 Å². The summed E-state index contributed by atoms with van der Waals surface area (Å²) < 4.78 is 0. The molecule has 1 aliphatic rings. The number of nitrogens with zero attached hydrogens (tertiary/aromatic N) is 2. The zero-order chi connectivity index (χ0) is 13.3. The SMILES string of the molecule is Cc1ccnc(N2CC(C)SC(C)C2)c1C(N)=S. The van der Waals surface area contributed by atoms with Crippen molar-refractivity contribution in [2.75, 3.05) is 18.0 Å². The van der Waals surface area contributed by atoms with Gasteiger partial charge in [0, 0.05) is 29.8 Å². The average Bonchev–Trinajstić information content (AvgIpc) is 2.26. The normalized spacial score (nSPS) is 24.1. The molecule has 1 saturated heterocycles. The molecule has 2 unspecified atom stereocenters. The minimum Gasteiger partial charge on any atom is -0.389 e. The Bertz CT molecular complexity index is 452. The maximum atomic E-state index is 5.85. The number of pyridine rings is 1. The second kappa shape index (κ2) is 5.45. The lowest BCUT2D eigenvalue weighted by Gasteiger charge is -2.36. The zero-order valence-electron chi connectivity index (χ0n) is 11.0. The van der Waals surface area contributed by atoms with Crippen molar-refractivity contribution in [2.45, 2.75) is 31.3 Å². The molecular weight excluding hydrogens is 262 g/mol. The lowest BCUT2D eigenvalue weighted by molar-refractivity contribution is 0.717. The Balaban J connectivity index is 2.38. The molecule has 2 N–H and O–H groups in total. The number of hydrogen-bond acceptors (Lipinski definition) is 4. The smallest absolute Gasteiger partial charge is 0.139 e. The molecule has 1 aromatic heterocycles. The first-order chi connectivity index (χ1) is 8.49. The average molecular weight is 281 g/mol. The molecule has 2 heterocycles. The summed E-state index contributed by atoms with van der Waals surface area (Å²) in [5.74, 6) is 0.946. The molecule has 1 aliphatic heterocycles. The highest BCUT2D eigenvalue weighted by Crippen LogP contribution is 2.30. The molecule has 18 heavy (non-hydrogen) atoms. The third-order valence-electron chi connectivity index (χ3n) is 3.10. The van der Waals surface area contributed by atoms with Crippen molar-refractivity contribution in [2.24, 2.45) is 5.73 Å². The van der Waals surface area contributed by atoms with Gasteiger partial charge in [-0.3, -0.25) is 0 Å². The first-order valence-corrected chi connectivity index (χ1v) is 7.50. The Morgan fingerprint density at radius 2 is 2.06 bits per heavy atom. The van der Waals surface area contributed by atoms with Crippen molar-refractivity contribution < 1.29 is 0 Å². The molecule has 2 atom stereocenters. The van der Waals surface area contributed by atoms with Gasteiger partial charge in [-0.2, -0.15) is 11.8 Å². The van der Waals surface area contributed by atoms with Gasteiger partial charge in [0.15, 0.2) is 0 Å². The second-order valence-electron chi connectivity index (χ2n) is 4.85. The quantitative estimate of drug-likeness (QED) is 0.843. The van der Waals surface area contributed by atoms with Gasteiger partial charge >= 0.3 is 0 Å². The minimum absolute atomic E-state index is 0.439. The molecule has 0 bridgehead atoms. The fraction of sp³-hybridized carbons (Fsp3) is 0.538. The van der Waals surface area contributed by atoms with E-state index in [-0.39, 0.29) is 0 Å². The number of thiocarbonyl (C=S) groups is 1. The Kier molecular flexibility index (Phi) is 4.12. The van der Waals surface area contributed by atoms with Crippen molar-refractivity contribution in [3.05, 3.63) is 23.4 Å². The van der Waals surface area contributed by atoms with Crippen LogP contribution >= 0.6 is 24.0 Å². The van der Waals surface area contributed by atoms with Gasteiger partial charge in [0.1, 0.15) is 10.8 Å². The van der Waals surface area contributed by atoms with E-state index >= 15 is 0 Å². The van der Waals surface area contributed by atoms with Crippen LogP contribution in [-0.4, -0.2) is 33.6 Å². The van der Waals surface area contributed by atoms with Crippen molar-refractivity contribution in [3.63, 3.8) is 0 Å². The highest BCUT2D eigenvalue weighted by Gasteiger charge is 2.25. The maximum absolute atomic E-state index is 5.85. The molecule has 0 radical (unpaired) electrons. The Hall–Kier alpha value is -0.810. The number of aromatic nitrogens is 1. The Morgan fingerprint density at radius 3 is 2.61 bits per heavy atom. The maximum Gasteiger partial charge on any atom is 0.139 e. The molecule has 0 aliphatic carbocycles. The van der Waals surface area contributed by atoms with E-state index in [1.54, 1.807) is 0 Å². The van der Waals surface area contributed by atoms with Crippen LogP contribution in [0.3, 0.4) is 0 Å². The zero-order valence-corrected chi connectivity index (χ0v) is 12.6. The van der Waals surface area contributed by atoms with Crippen LogP contribution in [0.2, 0.25) is 0 Å². The number of thioether (sulfide) groups is 1. The fourth-order valence-electron chi connectivity index (χ4n) is 2.44. The lowest BCUT2D eigenvalue weighted by Crippen LogP contribution is -2.42. The number of nitrogens with two attached hydrogens (primary N) is 1. The summed E-state index contributed by atoms with van der Waals surface area (Å²) in [6.07, 6.45) is 1.84. The van der Waals surface area contributed by atoms with Crippen molar-refractivity contribution in [3.8, 4) is 0 Å². The summed E-state index contributed by atoms with van der Waals surface area (Å²) in [5, 5.41) is 1.21. The van der Waals surface area contributed by atoms with Crippen LogP contribution in [0.1, 0.15) is 25.0 Å².